The van der Waals surface area contributed by atoms with Crippen molar-refractivity contribution in [1.29, 1.82) is 0 Å². The van der Waals surface area contributed by atoms with E-state index in [1.807, 2.05) is 25.1 Å². The molecule has 1 aromatic rings. The Labute approximate surface area is 129 Å². The molecule has 1 amide bonds. The van der Waals surface area contributed by atoms with Crippen molar-refractivity contribution in [2.45, 2.75) is 13.3 Å². The lowest BCUT2D eigenvalue weighted by atomic mass is 10.1. The van der Waals surface area contributed by atoms with Gasteiger partial charge in [-0.1, -0.05) is 15.9 Å². The minimum absolute atomic E-state index is 0.0147. The highest BCUT2D eigenvalue weighted by Crippen LogP contribution is 2.16. The molecule has 20 heavy (non-hydrogen) atoms. The molecule has 1 aliphatic rings. The fourth-order valence-electron chi connectivity index (χ4n) is 2.33. The molecule has 2 N–H and O–H groups in total. The molecule has 1 heterocycles. The largest absolute Gasteiger partial charge is 0.352 e. The van der Waals surface area contributed by atoms with Crippen LogP contribution in [0.2, 0.25) is 0 Å². The predicted octanol–water partition coefficient (Wildman–Crippen LogP) is 1.78. The molecule has 0 bridgehead atoms. The van der Waals surface area contributed by atoms with Gasteiger partial charge in [-0.15, -0.1) is 0 Å². The van der Waals surface area contributed by atoms with E-state index in [2.05, 4.69) is 31.5 Å². The van der Waals surface area contributed by atoms with Crippen LogP contribution >= 0.6 is 15.9 Å². The Hall–Kier alpha value is -0.910. The zero-order valence-electron chi connectivity index (χ0n) is 11.9. The first-order chi connectivity index (χ1) is 9.66. The highest BCUT2D eigenvalue weighted by atomic mass is 79.9. The summed E-state index contributed by atoms with van der Waals surface area (Å²) >= 11 is 3.44. The standard InChI is InChI=1S/C15H22BrN3O/c1-12-11-13(3-4-14(12)16)15(20)18-5-2-8-19-9-6-17-7-10-19/h3-4,11,17H,2,5-10H2,1H3,(H,18,20). The molecule has 5 heteroatoms. The fourth-order valence-corrected chi connectivity index (χ4v) is 2.57. The van der Waals surface area contributed by atoms with Gasteiger partial charge in [-0.05, 0) is 43.7 Å². The van der Waals surface area contributed by atoms with Crippen LogP contribution in [0.15, 0.2) is 22.7 Å². The summed E-state index contributed by atoms with van der Waals surface area (Å²) in [5, 5.41) is 6.33. The number of nitrogens with one attached hydrogen (secondary N) is 2. The van der Waals surface area contributed by atoms with E-state index in [-0.39, 0.29) is 5.91 Å². The summed E-state index contributed by atoms with van der Waals surface area (Å²) in [6.07, 6.45) is 1.00. The maximum Gasteiger partial charge on any atom is 0.251 e. The topological polar surface area (TPSA) is 44.4 Å². The average molecular weight is 340 g/mol. The average Bonchev–Trinajstić information content (AvgIpc) is 2.47. The van der Waals surface area contributed by atoms with Crippen LogP contribution in [0.4, 0.5) is 0 Å². The van der Waals surface area contributed by atoms with E-state index in [0.29, 0.717) is 0 Å². The summed E-state index contributed by atoms with van der Waals surface area (Å²) in [7, 11) is 0. The van der Waals surface area contributed by atoms with Crippen molar-refractivity contribution < 1.29 is 4.79 Å². The van der Waals surface area contributed by atoms with E-state index in [0.717, 1.165) is 61.3 Å². The second kappa shape index (κ2) is 7.76. The molecular weight excluding hydrogens is 318 g/mol. The molecule has 1 aliphatic heterocycles. The number of aryl methyl sites for hydroxylation is 1. The second-order valence-corrected chi connectivity index (χ2v) is 6.02. The van der Waals surface area contributed by atoms with Crippen LogP contribution < -0.4 is 10.6 Å². The van der Waals surface area contributed by atoms with Gasteiger partial charge in [0.1, 0.15) is 0 Å². The lowest BCUT2D eigenvalue weighted by Gasteiger charge is -2.27. The Morgan fingerprint density at radius 3 is 2.85 bits per heavy atom. The highest BCUT2D eigenvalue weighted by molar-refractivity contribution is 9.10. The molecule has 4 nitrogen and oxygen atoms in total. The van der Waals surface area contributed by atoms with Gasteiger partial charge in [-0.3, -0.25) is 4.79 Å². The van der Waals surface area contributed by atoms with Gasteiger partial charge in [0.25, 0.3) is 5.91 Å². The lowest BCUT2D eigenvalue weighted by Crippen LogP contribution is -2.44. The molecule has 110 valence electrons. The van der Waals surface area contributed by atoms with Gasteiger partial charge in [-0.25, -0.2) is 0 Å². The Morgan fingerprint density at radius 1 is 1.40 bits per heavy atom. The number of carbonyl (C=O) groups is 1. The number of halogens is 1. The van der Waals surface area contributed by atoms with Gasteiger partial charge in [0.15, 0.2) is 0 Å². The fraction of sp³-hybridized carbons (Fsp3) is 0.533. The van der Waals surface area contributed by atoms with Crippen LogP contribution in [0, 0.1) is 6.92 Å². The number of nitrogens with zero attached hydrogens (tertiary/aromatic N) is 1. The smallest absolute Gasteiger partial charge is 0.251 e. The van der Waals surface area contributed by atoms with Crippen molar-refractivity contribution in [3.05, 3.63) is 33.8 Å². The van der Waals surface area contributed by atoms with Gasteiger partial charge in [0.2, 0.25) is 0 Å². The summed E-state index contributed by atoms with van der Waals surface area (Å²) in [6.45, 7) is 8.15. The molecule has 0 atom stereocenters. The van der Waals surface area contributed by atoms with Crippen molar-refractivity contribution >= 4 is 21.8 Å². The van der Waals surface area contributed by atoms with E-state index in [1.165, 1.54) is 0 Å². The third kappa shape index (κ3) is 4.58. The first kappa shape index (κ1) is 15.5. The number of hydrogen-bond acceptors (Lipinski definition) is 3. The maximum atomic E-state index is 12.0. The molecule has 0 saturated carbocycles. The van der Waals surface area contributed by atoms with Crippen molar-refractivity contribution in [2.24, 2.45) is 0 Å². The lowest BCUT2D eigenvalue weighted by molar-refractivity contribution is 0.0951. The second-order valence-electron chi connectivity index (χ2n) is 5.17. The van der Waals surface area contributed by atoms with Crippen LogP contribution in [0.25, 0.3) is 0 Å². The van der Waals surface area contributed by atoms with Gasteiger partial charge >= 0.3 is 0 Å². The number of piperazine rings is 1. The summed E-state index contributed by atoms with van der Waals surface area (Å²) in [4.78, 5) is 14.4. The first-order valence-electron chi connectivity index (χ1n) is 7.14. The van der Waals surface area contributed by atoms with E-state index in [1.54, 1.807) is 0 Å². The van der Waals surface area contributed by atoms with Crippen molar-refractivity contribution in [3.63, 3.8) is 0 Å². The Bertz CT molecular complexity index is 458. The van der Waals surface area contributed by atoms with Crippen molar-refractivity contribution in [1.82, 2.24) is 15.5 Å². The molecule has 1 fully saturated rings. The minimum atomic E-state index is 0.0147. The minimum Gasteiger partial charge on any atom is -0.352 e. The van der Waals surface area contributed by atoms with Gasteiger partial charge in [0, 0.05) is 42.8 Å². The number of rotatable bonds is 5. The molecule has 1 aromatic carbocycles. The normalized spacial score (nSPS) is 16.1. The van der Waals surface area contributed by atoms with Gasteiger partial charge in [0.05, 0.1) is 0 Å². The molecule has 0 aromatic heterocycles. The Balaban J connectivity index is 1.70. The summed E-state index contributed by atoms with van der Waals surface area (Å²) in [6, 6.07) is 5.68. The third-order valence-corrected chi connectivity index (χ3v) is 4.46. The van der Waals surface area contributed by atoms with E-state index in [9.17, 15) is 4.79 Å². The number of benzene rings is 1. The maximum absolute atomic E-state index is 12.0. The summed E-state index contributed by atoms with van der Waals surface area (Å²) < 4.78 is 1.03. The first-order valence-corrected chi connectivity index (χ1v) is 7.93. The monoisotopic (exact) mass is 339 g/mol. The van der Waals surface area contributed by atoms with Gasteiger partial charge < -0.3 is 15.5 Å². The zero-order valence-corrected chi connectivity index (χ0v) is 13.5. The molecule has 0 spiro atoms. The number of hydrogen-bond donors (Lipinski definition) is 2. The highest BCUT2D eigenvalue weighted by Gasteiger charge is 2.09. The number of amides is 1. The van der Waals surface area contributed by atoms with Crippen LogP contribution in [0.5, 0.6) is 0 Å². The predicted molar refractivity (Wildman–Crippen MR) is 85.1 cm³/mol. The summed E-state index contributed by atoms with van der Waals surface area (Å²) in [5.74, 6) is 0.0147. The molecule has 2 rings (SSSR count). The molecule has 0 radical (unpaired) electrons. The van der Waals surface area contributed by atoms with Crippen molar-refractivity contribution in [2.75, 3.05) is 39.3 Å². The van der Waals surface area contributed by atoms with Crippen LogP contribution in [0.3, 0.4) is 0 Å². The SMILES string of the molecule is Cc1cc(C(=O)NCCCN2CCNCC2)ccc1Br. The van der Waals surface area contributed by atoms with Crippen LogP contribution in [0.1, 0.15) is 22.3 Å². The molecule has 0 unspecified atom stereocenters. The Morgan fingerprint density at radius 2 is 2.15 bits per heavy atom. The zero-order chi connectivity index (χ0) is 14.4. The van der Waals surface area contributed by atoms with Crippen LogP contribution in [-0.4, -0.2) is 50.1 Å². The Kier molecular flexibility index (Phi) is 6.01. The van der Waals surface area contributed by atoms with Crippen LogP contribution in [-0.2, 0) is 0 Å². The van der Waals surface area contributed by atoms with E-state index in [4.69, 9.17) is 0 Å². The third-order valence-electron chi connectivity index (χ3n) is 3.57. The summed E-state index contributed by atoms with van der Waals surface area (Å²) in [5.41, 5.74) is 1.81. The van der Waals surface area contributed by atoms with E-state index < -0.39 is 0 Å². The molecule has 1 saturated heterocycles. The number of carbonyl (C=O) groups excluding carboxylic acids is 1. The molecule has 0 aliphatic carbocycles. The molecular formula is C15H22BrN3O. The van der Waals surface area contributed by atoms with Gasteiger partial charge in [-0.2, -0.15) is 0 Å². The quantitative estimate of drug-likeness (QED) is 0.804. The van der Waals surface area contributed by atoms with E-state index >= 15 is 0 Å². The van der Waals surface area contributed by atoms with Crippen molar-refractivity contribution in [3.8, 4) is 0 Å².